The Bertz CT molecular complexity index is 660. The number of ether oxygens (including phenoxy) is 1. The van der Waals surface area contributed by atoms with Crippen molar-refractivity contribution in [1.82, 2.24) is 4.98 Å². The molecule has 0 bridgehead atoms. The van der Waals surface area contributed by atoms with Crippen molar-refractivity contribution in [2.24, 2.45) is 5.92 Å². The monoisotopic (exact) mass is 323 g/mol. The smallest absolute Gasteiger partial charge is 0.309 e. The quantitative estimate of drug-likeness (QED) is 0.772. The van der Waals surface area contributed by atoms with Gasteiger partial charge in [0.1, 0.15) is 0 Å². The van der Waals surface area contributed by atoms with Crippen LogP contribution in [-0.4, -0.2) is 23.8 Å². The van der Waals surface area contributed by atoms with Gasteiger partial charge in [0.25, 0.3) is 0 Å². The van der Waals surface area contributed by atoms with Gasteiger partial charge in [-0.25, -0.2) is 0 Å². The average Bonchev–Trinajstić information content (AvgIpc) is 2.51. The Hall–Kier alpha value is -1.26. The Morgan fingerprint density at radius 2 is 2.14 bits per heavy atom. The van der Waals surface area contributed by atoms with E-state index in [1.54, 1.807) is 11.8 Å². The molecule has 0 N–H and O–H groups in total. The molecular formula is C16H18ClNO2S. The highest BCUT2D eigenvalue weighted by molar-refractivity contribution is 7.98. The van der Waals surface area contributed by atoms with Crippen molar-refractivity contribution < 1.29 is 9.53 Å². The first kappa shape index (κ1) is 16.1. The number of pyridine rings is 1. The van der Waals surface area contributed by atoms with Crippen LogP contribution >= 0.6 is 23.4 Å². The Morgan fingerprint density at radius 1 is 1.43 bits per heavy atom. The first-order chi connectivity index (χ1) is 10.0. The van der Waals surface area contributed by atoms with Crippen molar-refractivity contribution in [3.8, 4) is 0 Å². The lowest BCUT2D eigenvalue weighted by molar-refractivity contribution is -0.143. The summed E-state index contributed by atoms with van der Waals surface area (Å²) in [6.45, 7) is 3.87. The minimum atomic E-state index is -0.184. The number of aromatic nitrogens is 1. The fraction of sp³-hybridized carbons (Fsp3) is 0.375. The van der Waals surface area contributed by atoms with Crippen molar-refractivity contribution in [3.63, 3.8) is 0 Å². The van der Waals surface area contributed by atoms with Crippen LogP contribution < -0.4 is 0 Å². The normalized spacial score (nSPS) is 12.4. The van der Waals surface area contributed by atoms with E-state index >= 15 is 0 Å². The number of esters is 1. The number of para-hydroxylation sites is 1. The fourth-order valence-electron chi connectivity index (χ4n) is 2.11. The number of hydrogen-bond donors (Lipinski definition) is 0. The van der Waals surface area contributed by atoms with Gasteiger partial charge >= 0.3 is 5.97 Å². The second-order valence-corrected chi connectivity index (χ2v) is 6.36. The Labute approximate surface area is 134 Å². The predicted molar refractivity (Wildman–Crippen MR) is 88.8 cm³/mol. The molecule has 2 aromatic rings. The summed E-state index contributed by atoms with van der Waals surface area (Å²) in [5, 5.41) is 1.80. The first-order valence-corrected chi connectivity index (χ1v) is 8.27. The van der Waals surface area contributed by atoms with Gasteiger partial charge in [0, 0.05) is 16.9 Å². The van der Waals surface area contributed by atoms with E-state index in [4.69, 9.17) is 16.3 Å². The zero-order valence-electron chi connectivity index (χ0n) is 12.4. The minimum absolute atomic E-state index is 0.125. The summed E-state index contributed by atoms with van der Waals surface area (Å²) >= 11 is 8.05. The molecule has 0 saturated heterocycles. The van der Waals surface area contributed by atoms with Gasteiger partial charge in [0.2, 0.25) is 0 Å². The van der Waals surface area contributed by atoms with E-state index in [1.807, 2.05) is 38.1 Å². The number of thioether (sulfide) groups is 1. The second kappa shape index (κ2) is 7.14. The van der Waals surface area contributed by atoms with Crippen molar-refractivity contribution in [2.45, 2.75) is 19.6 Å². The number of fused-ring (bicyclic) bond motifs is 1. The molecule has 5 heteroatoms. The summed E-state index contributed by atoms with van der Waals surface area (Å²) in [6, 6.07) is 7.97. The lowest BCUT2D eigenvalue weighted by Crippen LogP contribution is -2.15. The van der Waals surface area contributed by atoms with Crippen LogP contribution in [0.15, 0.2) is 24.3 Å². The van der Waals surface area contributed by atoms with Crippen LogP contribution in [0.25, 0.3) is 10.9 Å². The summed E-state index contributed by atoms with van der Waals surface area (Å²) in [5.74, 6) is 1.07. The molecule has 3 nitrogen and oxygen atoms in total. The Balaban J connectivity index is 2.12. The van der Waals surface area contributed by atoms with Crippen LogP contribution in [0.5, 0.6) is 0 Å². The highest BCUT2D eigenvalue weighted by atomic mass is 35.5. The number of hydrogen-bond acceptors (Lipinski definition) is 4. The van der Waals surface area contributed by atoms with Crippen LogP contribution in [0.2, 0.25) is 5.02 Å². The van der Waals surface area contributed by atoms with Gasteiger partial charge in [-0.2, -0.15) is 11.8 Å². The van der Waals surface area contributed by atoms with E-state index in [-0.39, 0.29) is 11.9 Å². The molecule has 2 rings (SSSR count). The van der Waals surface area contributed by atoms with Gasteiger partial charge in [0.05, 0.1) is 29.3 Å². The number of benzene rings is 1. The van der Waals surface area contributed by atoms with Crippen molar-refractivity contribution >= 4 is 40.2 Å². The van der Waals surface area contributed by atoms with E-state index in [0.717, 1.165) is 22.2 Å². The van der Waals surface area contributed by atoms with Gasteiger partial charge < -0.3 is 4.74 Å². The maximum atomic E-state index is 11.4. The number of carbonyl (C=O) groups is 1. The zero-order valence-corrected chi connectivity index (χ0v) is 13.9. The number of methoxy groups -OCH3 is 1. The number of aryl methyl sites for hydroxylation is 1. The van der Waals surface area contributed by atoms with Crippen LogP contribution in [0.4, 0.5) is 0 Å². The number of carbonyl (C=O) groups excluding carboxylic acids is 1. The van der Waals surface area contributed by atoms with Crippen LogP contribution in [0, 0.1) is 12.8 Å². The molecule has 1 aromatic carbocycles. The molecule has 0 aliphatic carbocycles. The lowest BCUT2D eigenvalue weighted by Gasteiger charge is -2.11. The van der Waals surface area contributed by atoms with Gasteiger partial charge in [0.15, 0.2) is 0 Å². The molecule has 1 atom stereocenters. The number of rotatable bonds is 5. The molecule has 0 aliphatic heterocycles. The topological polar surface area (TPSA) is 39.2 Å². The molecule has 21 heavy (non-hydrogen) atoms. The molecule has 0 spiro atoms. The summed E-state index contributed by atoms with van der Waals surface area (Å²) in [7, 11) is 1.41. The minimum Gasteiger partial charge on any atom is -0.469 e. The molecule has 0 fully saturated rings. The highest BCUT2D eigenvalue weighted by Gasteiger charge is 2.14. The lowest BCUT2D eigenvalue weighted by atomic mass is 10.1. The van der Waals surface area contributed by atoms with E-state index in [1.165, 1.54) is 7.11 Å². The molecule has 0 aliphatic rings. The van der Waals surface area contributed by atoms with Crippen LogP contribution in [-0.2, 0) is 15.3 Å². The fourth-order valence-corrected chi connectivity index (χ4v) is 3.41. The molecule has 1 heterocycles. The number of halogens is 1. The van der Waals surface area contributed by atoms with Gasteiger partial charge in [-0.05, 0) is 18.6 Å². The molecule has 112 valence electrons. The molecular weight excluding hydrogens is 306 g/mol. The maximum absolute atomic E-state index is 11.4. The van der Waals surface area contributed by atoms with E-state index in [9.17, 15) is 4.79 Å². The third-order valence-electron chi connectivity index (χ3n) is 3.36. The molecule has 1 unspecified atom stereocenters. The van der Waals surface area contributed by atoms with Crippen molar-refractivity contribution in [2.75, 3.05) is 12.9 Å². The molecule has 0 saturated carbocycles. The summed E-state index contributed by atoms with van der Waals surface area (Å²) in [5.41, 5.74) is 2.88. The number of nitrogens with zero attached hydrogens (tertiary/aromatic N) is 1. The average molecular weight is 324 g/mol. The largest absolute Gasteiger partial charge is 0.469 e. The Morgan fingerprint density at radius 3 is 2.86 bits per heavy atom. The standard InChI is InChI=1S/C16H18ClNO2S/c1-10(16(19)20-3)8-21-9-14-15(17)11(2)12-6-4-5-7-13(12)18-14/h4-7,10H,8-9H2,1-3H3. The second-order valence-electron chi connectivity index (χ2n) is 4.95. The third-order valence-corrected chi connectivity index (χ3v) is 5.07. The van der Waals surface area contributed by atoms with Crippen LogP contribution in [0.3, 0.4) is 0 Å². The first-order valence-electron chi connectivity index (χ1n) is 6.74. The summed E-state index contributed by atoms with van der Waals surface area (Å²) < 4.78 is 4.72. The van der Waals surface area contributed by atoms with Crippen LogP contribution in [0.1, 0.15) is 18.2 Å². The van der Waals surface area contributed by atoms with Gasteiger partial charge in [-0.3, -0.25) is 9.78 Å². The highest BCUT2D eigenvalue weighted by Crippen LogP contribution is 2.29. The SMILES string of the molecule is COC(=O)C(C)CSCc1nc2ccccc2c(C)c1Cl. The summed E-state index contributed by atoms with van der Waals surface area (Å²) in [6.07, 6.45) is 0. The molecule has 0 amide bonds. The predicted octanol–water partition coefficient (Wildman–Crippen LogP) is 4.24. The Kier molecular flexibility index (Phi) is 5.48. The third kappa shape index (κ3) is 3.69. The van der Waals surface area contributed by atoms with E-state index < -0.39 is 0 Å². The van der Waals surface area contributed by atoms with Crippen molar-refractivity contribution in [1.29, 1.82) is 0 Å². The molecule has 0 radical (unpaired) electrons. The van der Waals surface area contributed by atoms with E-state index in [2.05, 4.69) is 4.98 Å². The van der Waals surface area contributed by atoms with Crippen molar-refractivity contribution in [3.05, 3.63) is 40.5 Å². The van der Waals surface area contributed by atoms with Gasteiger partial charge in [-0.15, -0.1) is 0 Å². The van der Waals surface area contributed by atoms with E-state index in [0.29, 0.717) is 16.5 Å². The maximum Gasteiger partial charge on any atom is 0.309 e. The van der Waals surface area contributed by atoms with Gasteiger partial charge in [-0.1, -0.05) is 36.7 Å². The summed E-state index contributed by atoms with van der Waals surface area (Å²) in [4.78, 5) is 16.0. The molecule has 1 aromatic heterocycles. The zero-order chi connectivity index (χ0) is 15.4.